The Morgan fingerprint density at radius 1 is 1.40 bits per heavy atom. The van der Waals surface area contributed by atoms with Crippen molar-refractivity contribution >= 4 is 28.7 Å². The van der Waals surface area contributed by atoms with Crippen molar-refractivity contribution in [1.29, 1.82) is 0 Å². The lowest BCUT2D eigenvalue weighted by Crippen LogP contribution is -2.11. The number of alkyl halides is 3. The van der Waals surface area contributed by atoms with Crippen LogP contribution in [0.3, 0.4) is 0 Å². The van der Waals surface area contributed by atoms with Crippen LogP contribution in [-0.2, 0) is 6.18 Å². The molecule has 0 spiro atoms. The fraction of sp³-hybridized carbons (Fsp3) is 0.462. The summed E-state index contributed by atoms with van der Waals surface area (Å²) in [4.78, 5) is 4.05. The van der Waals surface area contributed by atoms with Gasteiger partial charge in [-0.25, -0.2) is 4.98 Å². The number of hydrogen-bond acceptors (Lipinski definition) is 3. The maximum Gasteiger partial charge on any atom is 0.416 e. The molecule has 2 aromatic rings. The predicted octanol–water partition coefficient (Wildman–Crippen LogP) is 3.95. The van der Waals surface area contributed by atoms with Gasteiger partial charge in [0.05, 0.1) is 16.6 Å². The topological polar surface area (TPSA) is 43.8 Å². The molecular weight excluding hydrogens is 287 g/mol. The first-order valence-electron chi connectivity index (χ1n) is 6.27. The summed E-state index contributed by atoms with van der Waals surface area (Å²) in [6.07, 6.45) is -4.36. The van der Waals surface area contributed by atoms with E-state index in [0.29, 0.717) is 5.52 Å². The van der Waals surface area contributed by atoms with Crippen molar-refractivity contribution in [2.45, 2.75) is 26.1 Å². The van der Waals surface area contributed by atoms with Crippen molar-refractivity contribution in [3.05, 3.63) is 23.8 Å². The number of rotatable bonds is 4. The third-order valence-corrected chi connectivity index (χ3v) is 4.17. The first kappa shape index (κ1) is 15.0. The van der Waals surface area contributed by atoms with E-state index < -0.39 is 11.7 Å². The largest absolute Gasteiger partial charge is 0.416 e. The Morgan fingerprint density at radius 2 is 2.10 bits per heavy atom. The SMILES string of the molecule is CCSCC(C)n1c(N)nc2cc(C(F)(F)F)ccc21. The summed E-state index contributed by atoms with van der Waals surface area (Å²) in [5.41, 5.74) is 6.06. The standard InChI is InChI=1S/C13H16F3N3S/c1-3-20-7-8(2)19-11-5-4-9(13(14,15)16)6-10(11)18-12(19)17/h4-6,8H,3,7H2,1-2H3,(H2,17,18). The van der Waals surface area contributed by atoms with Gasteiger partial charge in [-0.05, 0) is 30.9 Å². The fourth-order valence-corrected chi connectivity index (χ4v) is 2.85. The number of aromatic nitrogens is 2. The van der Waals surface area contributed by atoms with Gasteiger partial charge in [0.25, 0.3) is 0 Å². The molecule has 0 radical (unpaired) electrons. The number of fused-ring (bicyclic) bond motifs is 1. The number of anilines is 1. The second-order valence-electron chi connectivity index (χ2n) is 4.55. The van der Waals surface area contributed by atoms with Crippen molar-refractivity contribution in [3.8, 4) is 0 Å². The van der Waals surface area contributed by atoms with E-state index in [9.17, 15) is 13.2 Å². The number of nitrogens with two attached hydrogens (primary N) is 1. The molecule has 0 aliphatic rings. The van der Waals surface area contributed by atoms with Gasteiger partial charge in [-0.15, -0.1) is 0 Å². The molecule has 0 amide bonds. The number of benzene rings is 1. The van der Waals surface area contributed by atoms with E-state index in [4.69, 9.17) is 5.73 Å². The molecule has 1 heterocycles. The van der Waals surface area contributed by atoms with Crippen LogP contribution in [-0.4, -0.2) is 21.1 Å². The molecular formula is C13H16F3N3S. The zero-order valence-corrected chi connectivity index (χ0v) is 12.1. The van der Waals surface area contributed by atoms with E-state index >= 15 is 0 Å². The van der Waals surface area contributed by atoms with E-state index in [0.717, 1.165) is 23.6 Å². The minimum atomic E-state index is -4.36. The van der Waals surface area contributed by atoms with Crippen LogP contribution in [0.15, 0.2) is 18.2 Å². The zero-order valence-electron chi connectivity index (χ0n) is 11.2. The van der Waals surface area contributed by atoms with Gasteiger partial charge in [0.1, 0.15) is 0 Å². The zero-order chi connectivity index (χ0) is 14.9. The smallest absolute Gasteiger partial charge is 0.369 e. The number of hydrogen-bond donors (Lipinski definition) is 1. The molecule has 1 atom stereocenters. The molecule has 0 bridgehead atoms. The van der Waals surface area contributed by atoms with Gasteiger partial charge in [0.2, 0.25) is 5.95 Å². The van der Waals surface area contributed by atoms with E-state index in [-0.39, 0.29) is 17.5 Å². The molecule has 0 saturated carbocycles. The van der Waals surface area contributed by atoms with Crippen LogP contribution in [0.4, 0.5) is 19.1 Å². The molecule has 2 rings (SSSR count). The molecule has 2 N–H and O–H groups in total. The highest BCUT2D eigenvalue weighted by Gasteiger charge is 2.31. The lowest BCUT2D eigenvalue weighted by Gasteiger charge is -2.15. The summed E-state index contributed by atoms with van der Waals surface area (Å²) in [6.45, 7) is 4.04. The van der Waals surface area contributed by atoms with Gasteiger partial charge in [-0.2, -0.15) is 24.9 Å². The maximum atomic E-state index is 12.7. The molecule has 1 aromatic carbocycles. The third-order valence-electron chi connectivity index (χ3n) is 3.05. The highest BCUT2D eigenvalue weighted by atomic mass is 32.2. The van der Waals surface area contributed by atoms with Crippen LogP contribution in [0.2, 0.25) is 0 Å². The fourth-order valence-electron chi connectivity index (χ4n) is 2.12. The van der Waals surface area contributed by atoms with Crippen LogP contribution in [0.5, 0.6) is 0 Å². The third kappa shape index (κ3) is 2.87. The van der Waals surface area contributed by atoms with Crippen LogP contribution in [0.1, 0.15) is 25.5 Å². The van der Waals surface area contributed by atoms with Gasteiger partial charge >= 0.3 is 6.18 Å². The normalized spacial score (nSPS) is 13.8. The van der Waals surface area contributed by atoms with Crippen molar-refractivity contribution in [2.75, 3.05) is 17.2 Å². The number of nitrogen functional groups attached to an aromatic ring is 1. The van der Waals surface area contributed by atoms with Gasteiger partial charge in [0.15, 0.2) is 0 Å². The van der Waals surface area contributed by atoms with Crippen molar-refractivity contribution in [2.24, 2.45) is 0 Å². The molecule has 110 valence electrons. The van der Waals surface area contributed by atoms with E-state index in [2.05, 4.69) is 11.9 Å². The second kappa shape index (κ2) is 5.55. The van der Waals surface area contributed by atoms with Gasteiger partial charge in [0, 0.05) is 11.8 Å². The summed E-state index contributed by atoms with van der Waals surface area (Å²) in [7, 11) is 0. The lowest BCUT2D eigenvalue weighted by molar-refractivity contribution is -0.137. The van der Waals surface area contributed by atoms with Crippen LogP contribution in [0.25, 0.3) is 11.0 Å². The highest BCUT2D eigenvalue weighted by Crippen LogP contribution is 2.33. The summed E-state index contributed by atoms with van der Waals surface area (Å²) in [6, 6.07) is 3.64. The number of imidazole rings is 1. The van der Waals surface area contributed by atoms with E-state index in [1.54, 1.807) is 16.3 Å². The lowest BCUT2D eigenvalue weighted by atomic mass is 10.2. The Hall–Kier alpha value is -1.37. The minimum absolute atomic E-state index is 0.0849. The molecule has 0 saturated heterocycles. The highest BCUT2D eigenvalue weighted by molar-refractivity contribution is 7.99. The monoisotopic (exact) mass is 303 g/mol. The minimum Gasteiger partial charge on any atom is -0.369 e. The molecule has 3 nitrogen and oxygen atoms in total. The average Bonchev–Trinajstić information content (AvgIpc) is 2.69. The van der Waals surface area contributed by atoms with Gasteiger partial charge in [-0.1, -0.05) is 6.92 Å². The van der Waals surface area contributed by atoms with Crippen LogP contribution in [0, 0.1) is 0 Å². The Kier molecular flexibility index (Phi) is 4.17. The van der Waals surface area contributed by atoms with Gasteiger partial charge in [-0.3, -0.25) is 0 Å². The molecule has 1 aromatic heterocycles. The molecule has 0 aliphatic carbocycles. The number of thioether (sulfide) groups is 1. The van der Waals surface area contributed by atoms with Crippen LogP contribution >= 0.6 is 11.8 Å². The maximum absolute atomic E-state index is 12.7. The molecule has 7 heteroatoms. The summed E-state index contributed by atoms with van der Waals surface area (Å²) in [5.74, 6) is 2.07. The first-order valence-corrected chi connectivity index (χ1v) is 7.42. The van der Waals surface area contributed by atoms with Gasteiger partial charge < -0.3 is 10.3 Å². The quantitative estimate of drug-likeness (QED) is 0.930. The summed E-state index contributed by atoms with van der Waals surface area (Å²) < 4.78 is 39.8. The Morgan fingerprint density at radius 3 is 2.70 bits per heavy atom. The van der Waals surface area contributed by atoms with Crippen molar-refractivity contribution in [3.63, 3.8) is 0 Å². The number of halogens is 3. The predicted molar refractivity (Wildman–Crippen MR) is 76.9 cm³/mol. The van der Waals surface area contributed by atoms with E-state index in [1.807, 2.05) is 6.92 Å². The molecule has 1 unspecified atom stereocenters. The van der Waals surface area contributed by atoms with Crippen molar-refractivity contribution in [1.82, 2.24) is 9.55 Å². The Bertz CT molecular complexity index is 607. The summed E-state index contributed by atoms with van der Waals surface area (Å²) in [5, 5.41) is 0. The average molecular weight is 303 g/mol. The second-order valence-corrected chi connectivity index (χ2v) is 5.87. The molecule has 0 fully saturated rings. The Balaban J connectivity index is 2.45. The summed E-state index contributed by atoms with van der Waals surface area (Å²) >= 11 is 1.75. The first-order chi connectivity index (χ1) is 9.34. The van der Waals surface area contributed by atoms with Crippen LogP contribution < -0.4 is 5.73 Å². The Labute approximate surface area is 119 Å². The van der Waals surface area contributed by atoms with E-state index in [1.165, 1.54) is 6.07 Å². The number of nitrogens with zero attached hydrogens (tertiary/aromatic N) is 2. The molecule has 0 aliphatic heterocycles. The van der Waals surface area contributed by atoms with Crippen molar-refractivity contribution < 1.29 is 13.2 Å². The molecule has 20 heavy (non-hydrogen) atoms.